The zero-order valence-electron chi connectivity index (χ0n) is 10.4. The number of nitrogens with two attached hydrogens (primary N) is 1. The molecular weight excluding hydrogens is 261 g/mol. The first-order valence-electron chi connectivity index (χ1n) is 5.82. The van der Waals surface area contributed by atoms with Gasteiger partial charge in [-0.3, -0.25) is 9.69 Å². The fraction of sp³-hybridized carbons (Fsp3) is 0.909. The van der Waals surface area contributed by atoms with E-state index in [2.05, 4.69) is 24.2 Å². The van der Waals surface area contributed by atoms with E-state index in [1.807, 2.05) is 0 Å². The van der Waals surface area contributed by atoms with Gasteiger partial charge in [0.1, 0.15) is 0 Å². The summed E-state index contributed by atoms with van der Waals surface area (Å²) in [7, 11) is 2.13. The van der Waals surface area contributed by atoms with Crippen molar-refractivity contribution in [3.63, 3.8) is 0 Å². The molecule has 2 fully saturated rings. The Kier molecular flexibility index (Phi) is 6.22. The van der Waals surface area contributed by atoms with Crippen LogP contribution in [0.25, 0.3) is 0 Å². The molecule has 1 atom stereocenters. The van der Waals surface area contributed by atoms with Crippen LogP contribution in [0.2, 0.25) is 0 Å². The molecular formula is C11H23Cl2N3O. The number of halogens is 2. The van der Waals surface area contributed by atoms with E-state index in [4.69, 9.17) is 5.73 Å². The molecule has 0 aromatic heterocycles. The lowest BCUT2D eigenvalue weighted by Crippen LogP contribution is -2.47. The molecule has 0 aromatic rings. The summed E-state index contributed by atoms with van der Waals surface area (Å²) in [4.78, 5) is 13.9. The zero-order valence-corrected chi connectivity index (χ0v) is 12.1. The summed E-state index contributed by atoms with van der Waals surface area (Å²) >= 11 is 0. The smallest absolute Gasteiger partial charge is 0.240 e. The number of hydrogen-bond acceptors (Lipinski definition) is 3. The normalized spacial score (nSPS) is 22.1. The van der Waals surface area contributed by atoms with E-state index in [1.54, 1.807) is 0 Å². The fourth-order valence-corrected chi connectivity index (χ4v) is 1.76. The van der Waals surface area contributed by atoms with Crippen LogP contribution in [0.3, 0.4) is 0 Å². The first-order valence-corrected chi connectivity index (χ1v) is 5.82. The van der Waals surface area contributed by atoms with Gasteiger partial charge in [0.05, 0.1) is 5.54 Å². The van der Waals surface area contributed by atoms with Gasteiger partial charge in [-0.1, -0.05) is 0 Å². The molecule has 102 valence electrons. The Morgan fingerprint density at radius 2 is 2.00 bits per heavy atom. The van der Waals surface area contributed by atoms with Gasteiger partial charge in [0.15, 0.2) is 0 Å². The Hall–Kier alpha value is -0.0300. The number of rotatable bonds is 5. The molecule has 0 saturated heterocycles. The number of carbonyl (C=O) groups is 1. The molecule has 0 radical (unpaired) electrons. The van der Waals surface area contributed by atoms with Crippen molar-refractivity contribution in [2.75, 3.05) is 13.6 Å². The lowest BCUT2D eigenvalue weighted by atomic mass is 10.2. The van der Waals surface area contributed by atoms with E-state index in [0.29, 0.717) is 12.6 Å². The Morgan fingerprint density at radius 1 is 1.47 bits per heavy atom. The molecule has 2 aliphatic carbocycles. The van der Waals surface area contributed by atoms with Gasteiger partial charge in [-0.05, 0) is 39.7 Å². The number of amides is 1. The van der Waals surface area contributed by atoms with Gasteiger partial charge in [-0.2, -0.15) is 0 Å². The van der Waals surface area contributed by atoms with Crippen molar-refractivity contribution in [1.29, 1.82) is 0 Å². The molecule has 0 aliphatic heterocycles. The minimum atomic E-state index is -0.530. The number of hydrogen-bond donors (Lipinski definition) is 2. The van der Waals surface area contributed by atoms with Crippen LogP contribution in [-0.4, -0.2) is 42.0 Å². The average molecular weight is 284 g/mol. The predicted octanol–water partition coefficient (Wildman–Crippen LogP) is 0.920. The van der Waals surface area contributed by atoms with Crippen molar-refractivity contribution in [3.8, 4) is 0 Å². The number of nitrogens with one attached hydrogen (secondary N) is 1. The third-order valence-corrected chi connectivity index (χ3v) is 3.62. The van der Waals surface area contributed by atoms with E-state index in [0.717, 1.165) is 18.9 Å². The second-order valence-electron chi connectivity index (χ2n) is 5.11. The summed E-state index contributed by atoms with van der Waals surface area (Å²) in [5.74, 6) is 0.0264. The minimum Gasteiger partial charge on any atom is -0.353 e. The molecule has 17 heavy (non-hydrogen) atoms. The van der Waals surface area contributed by atoms with Crippen molar-refractivity contribution in [2.45, 2.75) is 50.2 Å². The predicted molar refractivity (Wildman–Crippen MR) is 73.9 cm³/mol. The summed E-state index contributed by atoms with van der Waals surface area (Å²) in [6.07, 6.45) is 4.28. The minimum absolute atomic E-state index is 0. The number of likely N-dealkylation sites (N-methyl/N-ethyl adjacent to an activating group) is 1. The maximum atomic E-state index is 11.6. The highest BCUT2D eigenvalue weighted by molar-refractivity contribution is 5.88. The SMILES string of the molecule is CC(CNC(=O)C1(N)CC1)N(C)C1CC1.Cl.Cl. The lowest BCUT2D eigenvalue weighted by molar-refractivity contribution is -0.123. The van der Waals surface area contributed by atoms with Crippen LogP contribution in [0.4, 0.5) is 0 Å². The molecule has 2 rings (SSSR count). The highest BCUT2D eigenvalue weighted by Gasteiger charge is 2.45. The third-order valence-electron chi connectivity index (χ3n) is 3.62. The van der Waals surface area contributed by atoms with Crippen molar-refractivity contribution in [3.05, 3.63) is 0 Å². The Balaban J connectivity index is 0.00000128. The number of carbonyl (C=O) groups excluding carboxylic acids is 1. The van der Waals surface area contributed by atoms with E-state index in [9.17, 15) is 4.79 Å². The van der Waals surface area contributed by atoms with Crippen LogP contribution in [0.5, 0.6) is 0 Å². The van der Waals surface area contributed by atoms with Gasteiger partial charge in [0, 0.05) is 18.6 Å². The van der Waals surface area contributed by atoms with Crippen LogP contribution in [0.15, 0.2) is 0 Å². The van der Waals surface area contributed by atoms with Crippen LogP contribution in [0.1, 0.15) is 32.6 Å². The van der Waals surface area contributed by atoms with Gasteiger partial charge >= 0.3 is 0 Å². The van der Waals surface area contributed by atoms with Crippen LogP contribution < -0.4 is 11.1 Å². The summed E-state index contributed by atoms with van der Waals surface area (Å²) < 4.78 is 0. The third kappa shape index (κ3) is 4.28. The average Bonchev–Trinajstić information content (AvgIpc) is 3.06. The van der Waals surface area contributed by atoms with Crippen molar-refractivity contribution < 1.29 is 4.79 Å². The summed E-state index contributed by atoms with van der Waals surface area (Å²) in [6, 6.07) is 1.15. The van der Waals surface area contributed by atoms with Crippen LogP contribution >= 0.6 is 24.8 Å². The Bertz CT molecular complexity index is 267. The molecule has 2 aliphatic rings. The molecule has 1 unspecified atom stereocenters. The van der Waals surface area contributed by atoms with Crippen molar-refractivity contribution in [1.82, 2.24) is 10.2 Å². The standard InChI is InChI=1S/C11H21N3O.2ClH/c1-8(14(2)9-3-4-9)7-13-10(15)11(12)5-6-11;;/h8-9H,3-7,12H2,1-2H3,(H,13,15);2*1H. The molecule has 0 aromatic carbocycles. The molecule has 3 N–H and O–H groups in total. The van der Waals surface area contributed by atoms with Crippen LogP contribution in [0, 0.1) is 0 Å². The first-order chi connectivity index (χ1) is 7.03. The lowest BCUT2D eigenvalue weighted by Gasteiger charge is -2.25. The van der Waals surface area contributed by atoms with Gasteiger partial charge < -0.3 is 11.1 Å². The summed E-state index contributed by atoms with van der Waals surface area (Å²) in [5.41, 5.74) is 5.27. The first kappa shape index (κ1) is 17.0. The van der Waals surface area contributed by atoms with Crippen molar-refractivity contribution in [2.24, 2.45) is 5.73 Å². The monoisotopic (exact) mass is 283 g/mol. The number of nitrogens with zero attached hydrogens (tertiary/aromatic N) is 1. The Labute approximate surface area is 115 Å². The molecule has 1 amide bonds. The van der Waals surface area contributed by atoms with Gasteiger partial charge in [-0.25, -0.2) is 0 Å². The van der Waals surface area contributed by atoms with Crippen LogP contribution in [-0.2, 0) is 4.79 Å². The van der Waals surface area contributed by atoms with E-state index >= 15 is 0 Å². The van der Waals surface area contributed by atoms with E-state index in [-0.39, 0.29) is 30.7 Å². The summed E-state index contributed by atoms with van der Waals surface area (Å²) in [5, 5.41) is 2.94. The second kappa shape index (κ2) is 6.23. The highest BCUT2D eigenvalue weighted by Crippen LogP contribution is 2.32. The molecule has 4 nitrogen and oxygen atoms in total. The van der Waals surface area contributed by atoms with Gasteiger partial charge in [0.2, 0.25) is 5.91 Å². The largest absolute Gasteiger partial charge is 0.353 e. The summed E-state index contributed by atoms with van der Waals surface area (Å²) in [6.45, 7) is 2.86. The maximum Gasteiger partial charge on any atom is 0.240 e. The topological polar surface area (TPSA) is 58.4 Å². The fourth-order valence-electron chi connectivity index (χ4n) is 1.76. The van der Waals surface area contributed by atoms with Gasteiger partial charge in [-0.15, -0.1) is 24.8 Å². The molecule has 0 heterocycles. The van der Waals surface area contributed by atoms with Crippen molar-refractivity contribution >= 4 is 30.7 Å². The maximum absolute atomic E-state index is 11.6. The van der Waals surface area contributed by atoms with E-state index in [1.165, 1.54) is 12.8 Å². The highest BCUT2D eigenvalue weighted by atomic mass is 35.5. The molecule has 6 heteroatoms. The zero-order chi connectivity index (χ0) is 11.1. The molecule has 0 spiro atoms. The Morgan fingerprint density at radius 3 is 2.41 bits per heavy atom. The molecule has 2 saturated carbocycles. The molecule has 0 bridgehead atoms. The second-order valence-corrected chi connectivity index (χ2v) is 5.11. The van der Waals surface area contributed by atoms with Gasteiger partial charge in [0.25, 0.3) is 0 Å². The van der Waals surface area contributed by atoms with E-state index < -0.39 is 5.54 Å². The quantitative estimate of drug-likeness (QED) is 0.789.